The first-order valence-electron chi connectivity index (χ1n) is 11.5. The summed E-state index contributed by atoms with van der Waals surface area (Å²) < 4.78 is 18.6. The zero-order valence-electron chi connectivity index (χ0n) is 19.3. The molecule has 0 bridgehead atoms. The van der Waals surface area contributed by atoms with Crippen LogP contribution >= 0.6 is 11.3 Å². The molecule has 3 aromatic rings. The highest BCUT2D eigenvalue weighted by Crippen LogP contribution is 2.35. The molecule has 0 radical (unpaired) electrons. The lowest BCUT2D eigenvalue weighted by Crippen LogP contribution is -2.45. The Morgan fingerprint density at radius 1 is 1.12 bits per heavy atom. The van der Waals surface area contributed by atoms with Gasteiger partial charge in [-0.2, -0.15) is 4.98 Å². The van der Waals surface area contributed by atoms with Gasteiger partial charge in [0.2, 0.25) is 17.7 Å². The Balaban J connectivity index is 1.38. The summed E-state index contributed by atoms with van der Waals surface area (Å²) >= 11 is 1.36. The fourth-order valence-electron chi connectivity index (χ4n) is 4.35. The van der Waals surface area contributed by atoms with Gasteiger partial charge in [-0.05, 0) is 44.0 Å². The molecule has 180 valence electrons. The number of aryl methyl sites for hydroxylation is 2. The first kappa shape index (κ1) is 24.0. The molecule has 0 saturated heterocycles. The van der Waals surface area contributed by atoms with Gasteiger partial charge >= 0.3 is 0 Å². The van der Waals surface area contributed by atoms with Gasteiger partial charge in [0.15, 0.2) is 11.0 Å². The molecule has 1 aliphatic rings. The largest absolute Gasteiger partial charge is 0.343 e. The van der Waals surface area contributed by atoms with Gasteiger partial charge in [0.05, 0.1) is 5.69 Å². The molecule has 2 N–H and O–H groups in total. The highest BCUT2D eigenvalue weighted by Gasteiger charge is 2.38. The molecule has 4 rings (SSSR count). The van der Waals surface area contributed by atoms with Crippen LogP contribution in [0.15, 0.2) is 28.8 Å². The van der Waals surface area contributed by atoms with Crippen molar-refractivity contribution in [2.24, 2.45) is 0 Å². The lowest BCUT2D eigenvalue weighted by molar-refractivity contribution is -0.121. The SMILES string of the molecule is CC(=O)NC1(c2noc(CCC(=O)Nc3nc(-c4ccc(F)cc4)c(C)s3)n2)CCCCCC1. The van der Waals surface area contributed by atoms with E-state index in [1.165, 1.54) is 30.4 Å². The lowest BCUT2D eigenvalue weighted by atomic mass is 9.89. The number of rotatable bonds is 7. The fraction of sp³-hybridized carbons (Fsp3) is 0.458. The molecule has 0 aliphatic heterocycles. The average molecular weight is 486 g/mol. The normalized spacial score (nSPS) is 15.5. The summed E-state index contributed by atoms with van der Waals surface area (Å²) in [6.45, 7) is 3.41. The highest BCUT2D eigenvalue weighted by molar-refractivity contribution is 7.16. The Labute approximate surface area is 201 Å². The van der Waals surface area contributed by atoms with Crippen LogP contribution in [0.5, 0.6) is 0 Å². The van der Waals surface area contributed by atoms with Crippen molar-refractivity contribution in [3.8, 4) is 11.3 Å². The molecular formula is C24H28FN5O3S. The van der Waals surface area contributed by atoms with Gasteiger partial charge in [-0.25, -0.2) is 9.37 Å². The average Bonchev–Trinajstić information content (AvgIpc) is 3.34. The molecule has 2 amide bonds. The van der Waals surface area contributed by atoms with Crippen molar-refractivity contribution in [1.82, 2.24) is 20.4 Å². The third-order valence-electron chi connectivity index (χ3n) is 6.00. The van der Waals surface area contributed by atoms with Gasteiger partial charge < -0.3 is 15.2 Å². The van der Waals surface area contributed by atoms with Gasteiger partial charge in [0.1, 0.15) is 11.4 Å². The second kappa shape index (κ2) is 10.4. The van der Waals surface area contributed by atoms with E-state index in [1.807, 2.05) is 6.92 Å². The van der Waals surface area contributed by atoms with Gasteiger partial charge in [-0.15, -0.1) is 11.3 Å². The predicted octanol–water partition coefficient (Wildman–Crippen LogP) is 4.90. The molecule has 0 atom stereocenters. The van der Waals surface area contributed by atoms with Crippen molar-refractivity contribution in [2.45, 2.75) is 70.8 Å². The number of thiazole rings is 1. The van der Waals surface area contributed by atoms with Crippen LogP contribution in [0.1, 0.15) is 68.5 Å². The lowest BCUT2D eigenvalue weighted by Gasteiger charge is -2.30. The summed E-state index contributed by atoms with van der Waals surface area (Å²) in [5.74, 6) is 0.203. The van der Waals surface area contributed by atoms with E-state index in [-0.39, 0.29) is 30.5 Å². The van der Waals surface area contributed by atoms with Crippen molar-refractivity contribution >= 4 is 28.3 Å². The number of aromatic nitrogens is 3. The van der Waals surface area contributed by atoms with Crippen LogP contribution in [0.4, 0.5) is 9.52 Å². The molecule has 2 heterocycles. The van der Waals surface area contributed by atoms with Gasteiger partial charge in [0, 0.05) is 30.2 Å². The predicted molar refractivity (Wildman–Crippen MR) is 127 cm³/mol. The topological polar surface area (TPSA) is 110 Å². The first-order valence-corrected chi connectivity index (χ1v) is 12.3. The van der Waals surface area contributed by atoms with E-state index in [0.717, 1.165) is 49.0 Å². The molecule has 2 aromatic heterocycles. The minimum atomic E-state index is -0.610. The molecule has 8 nitrogen and oxygen atoms in total. The van der Waals surface area contributed by atoms with E-state index in [2.05, 4.69) is 25.8 Å². The third-order valence-corrected chi connectivity index (χ3v) is 6.88. The smallest absolute Gasteiger partial charge is 0.227 e. The molecule has 0 unspecified atom stereocenters. The number of amides is 2. The Hall–Kier alpha value is -3.14. The van der Waals surface area contributed by atoms with E-state index in [1.54, 1.807) is 12.1 Å². The number of nitrogens with zero attached hydrogens (tertiary/aromatic N) is 3. The number of hydrogen-bond acceptors (Lipinski definition) is 7. The van der Waals surface area contributed by atoms with E-state index >= 15 is 0 Å². The van der Waals surface area contributed by atoms with Gasteiger partial charge in [0.25, 0.3) is 0 Å². The number of carbonyl (C=O) groups excluding carboxylic acids is 2. The van der Waals surface area contributed by atoms with Crippen molar-refractivity contribution in [2.75, 3.05) is 5.32 Å². The molecule has 10 heteroatoms. The summed E-state index contributed by atoms with van der Waals surface area (Å²) in [6.07, 6.45) is 6.18. The minimum absolute atomic E-state index is 0.119. The molecule has 0 spiro atoms. The number of nitrogens with one attached hydrogen (secondary N) is 2. The standard InChI is InChI=1S/C24H28FN5O3S/c1-15-21(17-7-9-18(25)10-8-17)28-23(34-15)26-19(32)11-12-20-27-22(30-33-20)24(29-16(2)31)13-5-3-4-6-14-24/h7-10H,3-6,11-14H2,1-2H3,(H,29,31)(H,26,28,32). The molecule has 1 fully saturated rings. The number of halogens is 1. The molecule has 1 saturated carbocycles. The Morgan fingerprint density at radius 3 is 2.50 bits per heavy atom. The number of hydrogen-bond donors (Lipinski definition) is 2. The second-order valence-electron chi connectivity index (χ2n) is 8.67. The van der Waals surface area contributed by atoms with Crippen molar-refractivity contribution in [3.05, 3.63) is 46.7 Å². The Bertz CT molecular complexity index is 1150. The monoisotopic (exact) mass is 485 g/mol. The number of benzene rings is 1. The van der Waals surface area contributed by atoms with E-state index in [0.29, 0.717) is 22.5 Å². The van der Waals surface area contributed by atoms with E-state index in [4.69, 9.17) is 4.52 Å². The molecule has 1 aliphatic carbocycles. The van der Waals surface area contributed by atoms with Crippen molar-refractivity contribution < 1.29 is 18.5 Å². The van der Waals surface area contributed by atoms with Crippen LogP contribution in [0, 0.1) is 12.7 Å². The third kappa shape index (κ3) is 5.67. The van der Waals surface area contributed by atoms with E-state index in [9.17, 15) is 14.0 Å². The summed E-state index contributed by atoms with van der Waals surface area (Å²) in [4.78, 5) is 34.3. The second-order valence-corrected chi connectivity index (χ2v) is 9.87. The first-order chi connectivity index (χ1) is 16.3. The maximum absolute atomic E-state index is 13.2. The summed E-state index contributed by atoms with van der Waals surface area (Å²) in [6, 6.07) is 6.10. The molecule has 34 heavy (non-hydrogen) atoms. The summed E-state index contributed by atoms with van der Waals surface area (Å²) in [7, 11) is 0. The quantitative estimate of drug-likeness (QED) is 0.461. The fourth-order valence-corrected chi connectivity index (χ4v) is 5.20. The van der Waals surface area contributed by atoms with Crippen LogP contribution in [0.25, 0.3) is 11.3 Å². The zero-order chi connectivity index (χ0) is 24.1. The van der Waals surface area contributed by atoms with Crippen molar-refractivity contribution in [3.63, 3.8) is 0 Å². The molecule has 1 aromatic carbocycles. The maximum Gasteiger partial charge on any atom is 0.227 e. The van der Waals surface area contributed by atoms with Gasteiger partial charge in [-0.1, -0.05) is 30.8 Å². The number of anilines is 1. The summed E-state index contributed by atoms with van der Waals surface area (Å²) in [5.41, 5.74) is 0.899. The van der Waals surface area contributed by atoms with Crippen LogP contribution in [-0.4, -0.2) is 26.9 Å². The minimum Gasteiger partial charge on any atom is -0.343 e. The number of carbonyl (C=O) groups is 2. The van der Waals surface area contributed by atoms with Crippen LogP contribution in [-0.2, 0) is 21.5 Å². The summed E-state index contributed by atoms with van der Waals surface area (Å²) in [5, 5.41) is 10.5. The zero-order valence-corrected chi connectivity index (χ0v) is 20.1. The van der Waals surface area contributed by atoms with Gasteiger partial charge in [-0.3, -0.25) is 9.59 Å². The molecular weight excluding hydrogens is 457 g/mol. The highest BCUT2D eigenvalue weighted by atomic mass is 32.1. The Kier molecular flexibility index (Phi) is 7.35. The van der Waals surface area contributed by atoms with Crippen molar-refractivity contribution in [1.29, 1.82) is 0 Å². The van der Waals surface area contributed by atoms with Crippen LogP contribution in [0.2, 0.25) is 0 Å². The van der Waals surface area contributed by atoms with Crippen LogP contribution in [0.3, 0.4) is 0 Å². The Morgan fingerprint density at radius 2 is 1.82 bits per heavy atom. The van der Waals surface area contributed by atoms with Crippen LogP contribution < -0.4 is 10.6 Å². The maximum atomic E-state index is 13.2. The van der Waals surface area contributed by atoms with E-state index < -0.39 is 5.54 Å².